The van der Waals surface area contributed by atoms with Crippen molar-refractivity contribution in [3.05, 3.63) is 105 Å². The maximum atomic E-state index is 12.4. The minimum atomic E-state index is -1.28. The molecule has 39 heavy (non-hydrogen) atoms. The van der Waals surface area contributed by atoms with E-state index in [1.807, 2.05) is 36.4 Å². The Morgan fingerprint density at radius 3 is 2.54 bits per heavy atom. The molecule has 0 saturated carbocycles. The fourth-order valence-electron chi connectivity index (χ4n) is 3.77. The number of ether oxygens (including phenoxy) is 4. The Morgan fingerprint density at radius 2 is 1.87 bits per heavy atom. The zero-order chi connectivity index (χ0) is 27.9. The van der Waals surface area contributed by atoms with Crippen molar-refractivity contribution in [1.82, 2.24) is 5.01 Å². The lowest BCUT2D eigenvalue weighted by molar-refractivity contribution is -0.420. The molecular formula is C27H24ClN5O6. The number of nitriles is 1. The zero-order valence-electron chi connectivity index (χ0n) is 21.0. The molecule has 0 spiro atoms. The van der Waals surface area contributed by atoms with Gasteiger partial charge >= 0.3 is 5.70 Å². The van der Waals surface area contributed by atoms with Gasteiger partial charge in [0, 0.05) is 23.6 Å². The number of aliphatic imine (C=N–C) groups is 1. The second-order valence-corrected chi connectivity index (χ2v) is 8.57. The number of nitro groups is 1. The first-order valence-corrected chi connectivity index (χ1v) is 12.1. The summed E-state index contributed by atoms with van der Waals surface area (Å²) in [6, 6.07) is 20.3. The summed E-state index contributed by atoms with van der Waals surface area (Å²) in [7, 11) is 1.48. The van der Waals surface area contributed by atoms with Gasteiger partial charge in [-0.15, -0.1) is 0 Å². The van der Waals surface area contributed by atoms with E-state index < -0.39 is 17.0 Å². The molecule has 11 nitrogen and oxygen atoms in total. The number of allylic oxidation sites excluding steroid dienone is 1. The minimum Gasteiger partial charge on any atom is -0.497 e. The standard InChI is InChI=1S/C27H24ClN5O6/c1-3-37-23-10-9-18(16-29)12-24(23)39-26-25(33(34)35)22(11-17-7-5-4-6-8-17)31-27(32(26)30)38-21-14-19(28)13-20(15-21)36-2/h4-10,12-15,27H,3,11,30H2,1-2H3. The van der Waals surface area contributed by atoms with Crippen molar-refractivity contribution in [1.29, 1.82) is 5.26 Å². The number of halogens is 1. The van der Waals surface area contributed by atoms with Gasteiger partial charge < -0.3 is 18.9 Å². The first-order chi connectivity index (χ1) is 18.8. The van der Waals surface area contributed by atoms with Crippen molar-refractivity contribution in [2.75, 3.05) is 13.7 Å². The molecule has 0 radical (unpaired) electrons. The molecule has 0 aliphatic carbocycles. The van der Waals surface area contributed by atoms with Crippen molar-refractivity contribution in [3.8, 4) is 29.1 Å². The summed E-state index contributed by atoms with van der Waals surface area (Å²) in [5, 5.41) is 23.0. The zero-order valence-corrected chi connectivity index (χ0v) is 21.8. The predicted octanol–water partition coefficient (Wildman–Crippen LogP) is 4.68. The number of hydrogen-bond donors (Lipinski definition) is 1. The third-order valence-electron chi connectivity index (χ3n) is 5.51. The molecule has 1 atom stereocenters. The summed E-state index contributed by atoms with van der Waals surface area (Å²) in [5.74, 6) is 7.01. The first-order valence-electron chi connectivity index (χ1n) is 11.7. The largest absolute Gasteiger partial charge is 0.497 e. The summed E-state index contributed by atoms with van der Waals surface area (Å²) >= 11 is 6.19. The SMILES string of the molecule is CCOc1ccc(C#N)cc1OC1=C([N+](=O)[O-])C(Cc2ccccc2)=NC(Oc2cc(Cl)cc(OC)c2)N1N. The molecule has 0 bridgehead atoms. The fraction of sp³-hybridized carbons (Fsp3) is 0.185. The number of rotatable bonds is 10. The molecule has 0 aromatic heterocycles. The van der Waals surface area contributed by atoms with Gasteiger partial charge in [-0.05, 0) is 36.8 Å². The van der Waals surface area contributed by atoms with Crippen molar-refractivity contribution in [2.24, 2.45) is 10.8 Å². The van der Waals surface area contributed by atoms with Crippen LogP contribution in [-0.4, -0.2) is 35.7 Å². The maximum absolute atomic E-state index is 12.4. The van der Waals surface area contributed by atoms with E-state index in [0.29, 0.717) is 17.4 Å². The Bertz CT molecular complexity index is 1470. The molecule has 4 rings (SSSR count). The van der Waals surface area contributed by atoms with Crippen molar-refractivity contribution < 1.29 is 23.9 Å². The average Bonchev–Trinajstić information content (AvgIpc) is 2.92. The smallest absolute Gasteiger partial charge is 0.352 e. The number of methoxy groups -OCH3 is 1. The Hall–Kier alpha value is -4.79. The molecular weight excluding hydrogens is 526 g/mol. The lowest BCUT2D eigenvalue weighted by Gasteiger charge is -2.31. The van der Waals surface area contributed by atoms with E-state index in [-0.39, 0.29) is 40.8 Å². The van der Waals surface area contributed by atoms with Crippen LogP contribution in [0.5, 0.6) is 23.0 Å². The summed E-state index contributed by atoms with van der Waals surface area (Å²) in [6.45, 7) is 2.06. The molecule has 1 heterocycles. The van der Waals surface area contributed by atoms with Gasteiger partial charge in [0.2, 0.25) is 0 Å². The first kappa shape index (κ1) is 27.3. The summed E-state index contributed by atoms with van der Waals surface area (Å²) in [6.07, 6.45) is -1.19. The average molecular weight is 550 g/mol. The Kier molecular flexibility index (Phi) is 8.50. The molecule has 1 unspecified atom stereocenters. The highest BCUT2D eigenvalue weighted by atomic mass is 35.5. The fourth-order valence-corrected chi connectivity index (χ4v) is 3.98. The normalized spacial score (nSPS) is 14.8. The van der Waals surface area contributed by atoms with Gasteiger partial charge in [-0.2, -0.15) is 5.26 Å². The van der Waals surface area contributed by atoms with Crippen LogP contribution in [0.3, 0.4) is 0 Å². The molecule has 1 aliphatic rings. The van der Waals surface area contributed by atoms with Gasteiger partial charge in [-0.1, -0.05) is 41.9 Å². The third kappa shape index (κ3) is 6.38. The van der Waals surface area contributed by atoms with Crippen molar-refractivity contribution in [3.63, 3.8) is 0 Å². The Balaban J connectivity index is 1.82. The van der Waals surface area contributed by atoms with Crippen LogP contribution < -0.4 is 24.8 Å². The molecule has 0 amide bonds. The molecule has 0 fully saturated rings. The van der Waals surface area contributed by atoms with Crippen molar-refractivity contribution >= 4 is 17.3 Å². The highest BCUT2D eigenvalue weighted by Crippen LogP contribution is 2.34. The topological polar surface area (TPSA) is 145 Å². The molecule has 3 aromatic carbocycles. The van der Waals surface area contributed by atoms with Gasteiger partial charge in [0.05, 0.1) is 30.3 Å². The van der Waals surface area contributed by atoms with Crippen LogP contribution in [-0.2, 0) is 6.42 Å². The predicted molar refractivity (Wildman–Crippen MR) is 143 cm³/mol. The van der Waals surface area contributed by atoms with Gasteiger partial charge in [-0.3, -0.25) is 10.1 Å². The summed E-state index contributed by atoms with van der Waals surface area (Å²) < 4.78 is 22.9. The quantitative estimate of drug-likeness (QED) is 0.216. The Labute approximate surface area is 229 Å². The highest BCUT2D eigenvalue weighted by Gasteiger charge is 2.40. The molecule has 200 valence electrons. The van der Waals surface area contributed by atoms with Gasteiger partial charge in [0.15, 0.2) is 11.5 Å². The molecule has 3 aromatic rings. The number of nitrogens with two attached hydrogens (primary N) is 1. The molecule has 1 aliphatic heterocycles. The van der Waals surface area contributed by atoms with Crippen LogP contribution in [0.15, 0.2) is 83.3 Å². The third-order valence-corrected chi connectivity index (χ3v) is 5.73. The van der Waals surface area contributed by atoms with E-state index in [2.05, 4.69) is 4.99 Å². The number of hydrogen-bond acceptors (Lipinski definition) is 10. The van der Waals surface area contributed by atoms with Crippen molar-refractivity contribution in [2.45, 2.75) is 19.7 Å². The monoisotopic (exact) mass is 549 g/mol. The van der Waals surface area contributed by atoms with Crippen LogP contribution in [0, 0.1) is 21.4 Å². The minimum absolute atomic E-state index is 0.0600. The second kappa shape index (κ2) is 12.2. The van der Waals surface area contributed by atoms with Gasteiger partial charge in [0.25, 0.3) is 12.2 Å². The number of benzene rings is 3. The van der Waals surface area contributed by atoms with Crippen LogP contribution >= 0.6 is 11.6 Å². The highest BCUT2D eigenvalue weighted by molar-refractivity contribution is 6.30. The van der Waals surface area contributed by atoms with Crippen LogP contribution in [0.1, 0.15) is 18.1 Å². The lowest BCUT2D eigenvalue weighted by atomic mass is 10.1. The van der Waals surface area contributed by atoms with Crippen LogP contribution in [0.25, 0.3) is 0 Å². The maximum Gasteiger partial charge on any atom is 0.352 e. The lowest BCUT2D eigenvalue weighted by Crippen LogP contribution is -2.49. The van der Waals surface area contributed by atoms with Crippen LogP contribution in [0.2, 0.25) is 5.02 Å². The summed E-state index contributed by atoms with van der Waals surface area (Å²) in [4.78, 5) is 16.2. The van der Waals surface area contributed by atoms with E-state index in [4.69, 9.17) is 36.4 Å². The molecule has 0 saturated heterocycles. The van der Waals surface area contributed by atoms with E-state index in [9.17, 15) is 15.4 Å². The molecule has 12 heteroatoms. The van der Waals surface area contributed by atoms with E-state index in [0.717, 1.165) is 10.6 Å². The Morgan fingerprint density at radius 1 is 1.13 bits per heavy atom. The van der Waals surface area contributed by atoms with E-state index in [1.54, 1.807) is 31.2 Å². The summed E-state index contributed by atoms with van der Waals surface area (Å²) in [5.41, 5.74) is 0.629. The van der Waals surface area contributed by atoms with E-state index in [1.165, 1.54) is 19.2 Å². The van der Waals surface area contributed by atoms with Crippen LogP contribution in [0.4, 0.5) is 0 Å². The second-order valence-electron chi connectivity index (χ2n) is 8.14. The molecule has 2 N–H and O–H groups in total. The number of hydrazine groups is 1. The van der Waals surface area contributed by atoms with Gasteiger partial charge in [0.1, 0.15) is 17.2 Å². The van der Waals surface area contributed by atoms with E-state index >= 15 is 0 Å². The van der Waals surface area contributed by atoms with Gasteiger partial charge in [-0.25, -0.2) is 15.8 Å². The number of nitrogens with zero attached hydrogens (tertiary/aromatic N) is 4.